The molecule has 1 unspecified atom stereocenters. The van der Waals surface area contributed by atoms with Crippen LogP contribution in [0.1, 0.15) is 25.8 Å². The third kappa shape index (κ3) is 3.30. The molecule has 17 heavy (non-hydrogen) atoms. The molecule has 94 valence electrons. The zero-order valence-corrected chi connectivity index (χ0v) is 12.0. The number of hydrogen-bond acceptors (Lipinski definition) is 3. The Morgan fingerprint density at radius 1 is 1.41 bits per heavy atom. The van der Waals surface area contributed by atoms with Crippen molar-refractivity contribution in [3.05, 3.63) is 34.3 Å². The highest BCUT2D eigenvalue weighted by Crippen LogP contribution is 2.24. The second kappa shape index (κ2) is 6.17. The first-order valence-electron chi connectivity index (χ1n) is 5.64. The number of hydrogen-bond donors (Lipinski definition) is 1. The van der Waals surface area contributed by atoms with Crippen LogP contribution in [0.2, 0.25) is 0 Å². The minimum absolute atomic E-state index is 0.270. The second-order valence-corrected chi connectivity index (χ2v) is 4.97. The fourth-order valence-electron chi connectivity index (χ4n) is 1.65. The molecule has 1 N–H and O–H groups in total. The maximum atomic E-state index is 11.9. The molecule has 0 aliphatic heterocycles. The molecule has 0 spiro atoms. The molecule has 0 radical (unpaired) electrons. The third-order valence-corrected chi connectivity index (χ3v) is 3.27. The van der Waals surface area contributed by atoms with Crippen molar-refractivity contribution in [3.8, 4) is 0 Å². The van der Waals surface area contributed by atoms with Gasteiger partial charge in [-0.1, -0.05) is 35.0 Å². The van der Waals surface area contributed by atoms with Gasteiger partial charge in [0.1, 0.15) is 5.54 Å². The summed E-state index contributed by atoms with van der Waals surface area (Å²) in [6.45, 7) is 4.67. The summed E-state index contributed by atoms with van der Waals surface area (Å²) < 4.78 is 5.87. The van der Waals surface area contributed by atoms with E-state index in [4.69, 9.17) is 4.74 Å². The van der Waals surface area contributed by atoms with Crippen LogP contribution in [0.4, 0.5) is 0 Å². The highest BCUT2D eigenvalue weighted by molar-refractivity contribution is 9.10. The molecule has 0 saturated heterocycles. The molecule has 0 heterocycles. The quantitative estimate of drug-likeness (QED) is 0.850. The van der Waals surface area contributed by atoms with Gasteiger partial charge in [-0.05, 0) is 37.6 Å². The number of carbonyl (C=O) groups is 1. The van der Waals surface area contributed by atoms with Crippen molar-refractivity contribution in [3.63, 3.8) is 0 Å². The van der Waals surface area contributed by atoms with E-state index < -0.39 is 5.54 Å². The standard InChI is InChI=1S/C13H18BrNO2/c1-4-9-15-13(2,12(16)17-3)10-5-7-11(14)8-6-10/h5-8,15H,4,9H2,1-3H3. The number of halogens is 1. The van der Waals surface area contributed by atoms with E-state index in [0.717, 1.165) is 23.0 Å². The molecule has 1 atom stereocenters. The van der Waals surface area contributed by atoms with Gasteiger partial charge in [0.15, 0.2) is 0 Å². The minimum atomic E-state index is -0.786. The predicted molar refractivity (Wildman–Crippen MR) is 71.8 cm³/mol. The number of methoxy groups -OCH3 is 1. The SMILES string of the molecule is CCCNC(C)(C(=O)OC)c1ccc(Br)cc1. The highest BCUT2D eigenvalue weighted by atomic mass is 79.9. The van der Waals surface area contributed by atoms with E-state index in [-0.39, 0.29) is 5.97 Å². The summed E-state index contributed by atoms with van der Waals surface area (Å²) in [5, 5.41) is 3.24. The van der Waals surface area contributed by atoms with Crippen LogP contribution in [0.5, 0.6) is 0 Å². The second-order valence-electron chi connectivity index (χ2n) is 4.05. The first-order chi connectivity index (χ1) is 8.04. The molecule has 0 amide bonds. The van der Waals surface area contributed by atoms with E-state index in [1.807, 2.05) is 31.2 Å². The van der Waals surface area contributed by atoms with E-state index in [9.17, 15) is 4.79 Å². The van der Waals surface area contributed by atoms with Gasteiger partial charge in [0.25, 0.3) is 0 Å². The maximum Gasteiger partial charge on any atom is 0.330 e. The van der Waals surface area contributed by atoms with Crippen LogP contribution in [0.25, 0.3) is 0 Å². The lowest BCUT2D eigenvalue weighted by atomic mass is 9.92. The van der Waals surface area contributed by atoms with Crippen LogP contribution in [-0.4, -0.2) is 19.6 Å². The number of ether oxygens (including phenoxy) is 1. The van der Waals surface area contributed by atoms with Gasteiger partial charge in [0.05, 0.1) is 7.11 Å². The van der Waals surface area contributed by atoms with Crippen LogP contribution in [-0.2, 0) is 15.1 Å². The molecular formula is C13H18BrNO2. The topological polar surface area (TPSA) is 38.3 Å². The van der Waals surface area contributed by atoms with Gasteiger partial charge < -0.3 is 4.74 Å². The van der Waals surface area contributed by atoms with E-state index in [1.54, 1.807) is 0 Å². The first-order valence-corrected chi connectivity index (χ1v) is 6.43. The number of esters is 1. The molecule has 1 rings (SSSR count). The molecule has 0 aliphatic rings. The van der Waals surface area contributed by atoms with E-state index >= 15 is 0 Å². The summed E-state index contributed by atoms with van der Waals surface area (Å²) in [6.07, 6.45) is 0.961. The zero-order valence-electron chi connectivity index (χ0n) is 10.4. The monoisotopic (exact) mass is 299 g/mol. The smallest absolute Gasteiger partial charge is 0.330 e. The predicted octanol–water partition coefficient (Wildman–Crippen LogP) is 2.84. The molecular weight excluding hydrogens is 282 g/mol. The Morgan fingerprint density at radius 3 is 2.47 bits per heavy atom. The molecule has 0 aromatic heterocycles. The van der Waals surface area contributed by atoms with Gasteiger partial charge in [0, 0.05) is 4.47 Å². The molecule has 1 aromatic carbocycles. The van der Waals surface area contributed by atoms with E-state index in [2.05, 4.69) is 28.2 Å². The summed E-state index contributed by atoms with van der Waals surface area (Å²) in [7, 11) is 1.41. The van der Waals surface area contributed by atoms with Gasteiger partial charge in [-0.25, -0.2) is 4.79 Å². The van der Waals surface area contributed by atoms with Crippen LogP contribution >= 0.6 is 15.9 Å². The van der Waals surface area contributed by atoms with Crippen molar-refractivity contribution in [2.45, 2.75) is 25.8 Å². The Hall–Kier alpha value is -0.870. The van der Waals surface area contributed by atoms with Crippen LogP contribution in [0.15, 0.2) is 28.7 Å². The van der Waals surface area contributed by atoms with Gasteiger partial charge in [-0.15, -0.1) is 0 Å². The van der Waals surface area contributed by atoms with Gasteiger partial charge in [0.2, 0.25) is 0 Å². The lowest BCUT2D eigenvalue weighted by molar-refractivity contribution is -0.148. The van der Waals surface area contributed by atoms with Crippen molar-refractivity contribution in [2.24, 2.45) is 0 Å². The summed E-state index contributed by atoms with van der Waals surface area (Å²) >= 11 is 3.38. The molecule has 0 bridgehead atoms. The fourth-order valence-corrected chi connectivity index (χ4v) is 1.92. The average Bonchev–Trinajstić information content (AvgIpc) is 2.35. The van der Waals surface area contributed by atoms with Crippen LogP contribution in [0.3, 0.4) is 0 Å². The fraction of sp³-hybridized carbons (Fsp3) is 0.462. The summed E-state index contributed by atoms with van der Waals surface area (Å²) in [4.78, 5) is 11.9. The number of benzene rings is 1. The Labute approximate surface area is 111 Å². The Balaban J connectivity index is 3.04. The minimum Gasteiger partial charge on any atom is -0.467 e. The third-order valence-electron chi connectivity index (χ3n) is 2.74. The molecule has 0 fully saturated rings. The molecule has 1 aromatic rings. The van der Waals surface area contributed by atoms with Crippen molar-refractivity contribution in [1.29, 1.82) is 0 Å². The Kier molecular flexibility index (Phi) is 5.15. The average molecular weight is 300 g/mol. The lowest BCUT2D eigenvalue weighted by Crippen LogP contribution is -2.47. The van der Waals surface area contributed by atoms with Crippen molar-refractivity contribution in [1.82, 2.24) is 5.32 Å². The lowest BCUT2D eigenvalue weighted by Gasteiger charge is -2.28. The number of rotatable bonds is 5. The van der Waals surface area contributed by atoms with Gasteiger partial charge >= 0.3 is 5.97 Å². The number of nitrogens with one attached hydrogen (secondary N) is 1. The van der Waals surface area contributed by atoms with Crippen LogP contribution in [0, 0.1) is 0 Å². The van der Waals surface area contributed by atoms with Gasteiger partial charge in [-0.2, -0.15) is 0 Å². The maximum absolute atomic E-state index is 11.9. The summed E-state index contributed by atoms with van der Waals surface area (Å²) in [6, 6.07) is 7.68. The van der Waals surface area contributed by atoms with Crippen molar-refractivity contribution < 1.29 is 9.53 Å². The van der Waals surface area contributed by atoms with Crippen molar-refractivity contribution in [2.75, 3.05) is 13.7 Å². The van der Waals surface area contributed by atoms with E-state index in [1.165, 1.54) is 7.11 Å². The summed E-state index contributed by atoms with van der Waals surface area (Å²) in [5.41, 5.74) is 0.117. The molecule has 3 nitrogen and oxygen atoms in total. The normalized spacial score (nSPS) is 14.1. The summed E-state index contributed by atoms with van der Waals surface area (Å²) in [5.74, 6) is -0.270. The Bertz CT molecular complexity index is 378. The largest absolute Gasteiger partial charge is 0.467 e. The van der Waals surface area contributed by atoms with Crippen molar-refractivity contribution >= 4 is 21.9 Å². The first kappa shape index (κ1) is 14.2. The highest BCUT2D eigenvalue weighted by Gasteiger charge is 2.35. The zero-order chi connectivity index (χ0) is 12.9. The Morgan fingerprint density at radius 2 is 2.00 bits per heavy atom. The number of carbonyl (C=O) groups excluding carboxylic acids is 1. The van der Waals surface area contributed by atoms with Crippen LogP contribution < -0.4 is 5.32 Å². The van der Waals surface area contributed by atoms with E-state index in [0.29, 0.717) is 0 Å². The molecule has 4 heteroatoms. The molecule has 0 saturated carbocycles. The van der Waals surface area contributed by atoms with Gasteiger partial charge in [-0.3, -0.25) is 5.32 Å². The molecule has 0 aliphatic carbocycles.